The first-order valence-corrected chi connectivity index (χ1v) is 7.48. The molecule has 0 saturated carbocycles. The molecule has 1 unspecified atom stereocenters. The molecule has 0 bridgehead atoms. The Balaban J connectivity index is 2.30. The SMILES string of the molecule is CNC(Cc1cc(F)ccc1C)c1cc(C)cc(Br)c1. The number of nitrogens with one attached hydrogen (secondary N) is 1. The predicted octanol–water partition coefficient (Wildman–Crippen LogP) is 4.71. The summed E-state index contributed by atoms with van der Waals surface area (Å²) in [5.41, 5.74) is 4.59. The quantitative estimate of drug-likeness (QED) is 0.853. The second kappa shape index (κ2) is 6.51. The largest absolute Gasteiger partial charge is 0.313 e. The number of halogens is 2. The molecular weight excluding hydrogens is 317 g/mol. The summed E-state index contributed by atoms with van der Waals surface area (Å²) in [5, 5.41) is 3.32. The molecule has 20 heavy (non-hydrogen) atoms. The smallest absolute Gasteiger partial charge is 0.123 e. The van der Waals surface area contributed by atoms with Crippen molar-refractivity contribution in [1.29, 1.82) is 0 Å². The Morgan fingerprint density at radius 2 is 1.90 bits per heavy atom. The van der Waals surface area contributed by atoms with Crippen molar-refractivity contribution in [1.82, 2.24) is 5.32 Å². The molecule has 1 atom stereocenters. The Bertz CT molecular complexity index is 590. The molecule has 2 aromatic rings. The van der Waals surface area contributed by atoms with Crippen molar-refractivity contribution in [3.05, 3.63) is 68.9 Å². The fourth-order valence-corrected chi connectivity index (χ4v) is 3.06. The summed E-state index contributed by atoms with van der Waals surface area (Å²) in [6.45, 7) is 4.10. The fraction of sp³-hybridized carbons (Fsp3) is 0.294. The topological polar surface area (TPSA) is 12.0 Å². The van der Waals surface area contributed by atoms with Crippen LogP contribution in [0, 0.1) is 19.7 Å². The Morgan fingerprint density at radius 1 is 1.15 bits per heavy atom. The summed E-state index contributed by atoms with van der Waals surface area (Å²) >= 11 is 3.53. The van der Waals surface area contributed by atoms with E-state index in [0.29, 0.717) is 0 Å². The first-order chi connectivity index (χ1) is 9.49. The zero-order valence-electron chi connectivity index (χ0n) is 12.0. The van der Waals surface area contributed by atoms with Gasteiger partial charge in [0.25, 0.3) is 0 Å². The lowest BCUT2D eigenvalue weighted by Gasteiger charge is -2.19. The first-order valence-electron chi connectivity index (χ1n) is 6.69. The molecule has 0 aromatic heterocycles. The van der Waals surface area contributed by atoms with E-state index in [0.717, 1.165) is 22.0 Å². The molecule has 0 aliphatic rings. The molecule has 1 nitrogen and oxygen atoms in total. The average Bonchev–Trinajstić information content (AvgIpc) is 2.38. The Labute approximate surface area is 128 Å². The van der Waals surface area contributed by atoms with Crippen molar-refractivity contribution in [2.45, 2.75) is 26.3 Å². The highest BCUT2D eigenvalue weighted by atomic mass is 79.9. The summed E-state index contributed by atoms with van der Waals surface area (Å²) in [7, 11) is 1.94. The van der Waals surface area contributed by atoms with Gasteiger partial charge in [0.05, 0.1) is 0 Å². The lowest BCUT2D eigenvalue weighted by atomic mass is 9.95. The third kappa shape index (κ3) is 3.68. The highest BCUT2D eigenvalue weighted by Gasteiger charge is 2.13. The fourth-order valence-electron chi connectivity index (χ4n) is 2.43. The number of hydrogen-bond donors (Lipinski definition) is 1. The van der Waals surface area contributed by atoms with E-state index >= 15 is 0 Å². The zero-order valence-corrected chi connectivity index (χ0v) is 13.6. The van der Waals surface area contributed by atoms with Gasteiger partial charge in [-0.25, -0.2) is 4.39 Å². The van der Waals surface area contributed by atoms with Crippen molar-refractivity contribution in [2.24, 2.45) is 0 Å². The maximum atomic E-state index is 13.4. The summed E-state index contributed by atoms with van der Waals surface area (Å²) in [6, 6.07) is 11.5. The molecule has 0 radical (unpaired) electrons. The molecule has 2 aromatic carbocycles. The molecule has 0 fully saturated rings. The van der Waals surface area contributed by atoms with Crippen LogP contribution in [-0.2, 0) is 6.42 Å². The first kappa shape index (κ1) is 15.2. The van der Waals surface area contributed by atoms with Gasteiger partial charge < -0.3 is 5.32 Å². The minimum atomic E-state index is -0.175. The Morgan fingerprint density at radius 3 is 2.55 bits per heavy atom. The molecular formula is C17H19BrFN. The van der Waals surface area contributed by atoms with Gasteiger partial charge in [0.2, 0.25) is 0 Å². The van der Waals surface area contributed by atoms with Crippen LogP contribution in [-0.4, -0.2) is 7.05 Å². The van der Waals surface area contributed by atoms with Gasteiger partial charge in [-0.2, -0.15) is 0 Å². The molecule has 0 aliphatic carbocycles. The van der Waals surface area contributed by atoms with Crippen molar-refractivity contribution < 1.29 is 4.39 Å². The van der Waals surface area contributed by atoms with E-state index in [-0.39, 0.29) is 11.9 Å². The van der Waals surface area contributed by atoms with Crippen molar-refractivity contribution in [3.8, 4) is 0 Å². The maximum Gasteiger partial charge on any atom is 0.123 e. The van der Waals surface area contributed by atoms with Gasteiger partial charge >= 0.3 is 0 Å². The van der Waals surface area contributed by atoms with E-state index in [1.165, 1.54) is 17.2 Å². The van der Waals surface area contributed by atoms with Gasteiger partial charge in [-0.05, 0) is 73.8 Å². The van der Waals surface area contributed by atoms with Gasteiger partial charge in [-0.15, -0.1) is 0 Å². The number of likely N-dealkylation sites (N-methyl/N-ethyl adjacent to an activating group) is 1. The molecule has 0 saturated heterocycles. The monoisotopic (exact) mass is 335 g/mol. The molecule has 0 heterocycles. The van der Waals surface area contributed by atoms with E-state index in [1.807, 2.05) is 20.0 Å². The van der Waals surface area contributed by atoms with E-state index in [1.54, 1.807) is 6.07 Å². The zero-order chi connectivity index (χ0) is 14.7. The number of aryl methyl sites for hydroxylation is 2. The van der Waals surface area contributed by atoms with Gasteiger partial charge in [0, 0.05) is 10.5 Å². The lowest BCUT2D eigenvalue weighted by molar-refractivity contribution is 0.582. The van der Waals surface area contributed by atoms with Crippen LogP contribution < -0.4 is 5.32 Å². The van der Waals surface area contributed by atoms with Crippen molar-refractivity contribution in [2.75, 3.05) is 7.05 Å². The van der Waals surface area contributed by atoms with Crippen LogP contribution in [0.4, 0.5) is 4.39 Å². The van der Waals surface area contributed by atoms with E-state index in [2.05, 4.69) is 46.4 Å². The third-order valence-corrected chi connectivity index (χ3v) is 4.01. The highest BCUT2D eigenvalue weighted by molar-refractivity contribution is 9.10. The normalized spacial score (nSPS) is 12.4. The minimum Gasteiger partial charge on any atom is -0.313 e. The van der Waals surface area contributed by atoms with Crippen LogP contribution in [0.5, 0.6) is 0 Å². The molecule has 1 N–H and O–H groups in total. The summed E-state index contributed by atoms with van der Waals surface area (Å²) in [5.74, 6) is -0.175. The molecule has 0 spiro atoms. The lowest BCUT2D eigenvalue weighted by Crippen LogP contribution is -2.19. The van der Waals surface area contributed by atoms with Gasteiger partial charge in [0.15, 0.2) is 0 Å². The predicted molar refractivity (Wildman–Crippen MR) is 85.5 cm³/mol. The van der Waals surface area contributed by atoms with E-state index in [9.17, 15) is 4.39 Å². The summed E-state index contributed by atoms with van der Waals surface area (Å²) < 4.78 is 14.5. The number of hydrogen-bond acceptors (Lipinski definition) is 1. The van der Waals surface area contributed by atoms with Gasteiger partial charge in [-0.3, -0.25) is 0 Å². The summed E-state index contributed by atoms with van der Waals surface area (Å²) in [6.07, 6.45) is 0.774. The maximum absolute atomic E-state index is 13.4. The van der Waals surface area contributed by atoms with Gasteiger partial charge in [-0.1, -0.05) is 28.1 Å². The molecule has 3 heteroatoms. The van der Waals surface area contributed by atoms with Crippen LogP contribution in [0.3, 0.4) is 0 Å². The average molecular weight is 336 g/mol. The Hall–Kier alpha value is -1.19. The number of rotatable bonds is 4. The Kier molecular flexibility index (Phi) is 4.95. The van der Waals surface area contributed by atoms with Crippen molar-refractivity contribution in [3.63, 3.8) is 0 Å². The van der Waals surface area contributed by atoms with E-state index < -0.39 is 0 Å². The highest BCUT2D eigenvalue weighted by Crippen LogP contribution is 2.25. The van der Waals surface area contributed by atoms with E-state index in [4.69, 9.17) is 0 Å². The molecule has 2 rings (SSSR count). The van der Waals surface area contributed by atoms with Gasteiger partial charge in [0.1, 0.15) is 5.82 Å². The minimum absolute atomic E-state index is 0.173. The second-order valence-electron chi connectivity index (χ2n) is 5.18. The van der Waals surface area contributed by atoms with Crippen LogP contribution in [0.1, 0.15) is 28.3 Å². The molecule has 0 aliphatic heterocycles. The van der Waals surface area contributed by atoms with Crippen LogP contribution in [0.2, 0.25) is 0 Å². The number of benzene rings is 2. The molecule has 0 amide bonds. The van der Waals surface area contributed by atoms with Crippen LogP contribution in [0.15, 0.2) is 40.9 Å². The third-order valence-electron chi connectivity index (χ3n) is 3.55. The van der Waals surface area contributed by atoms with Crippen LogP contribution >= 0.6 is 15.9 Å². The molecule has 106 valence electrons. The van der Waals surface area contributed by atoms with Crippen molar-refractivity contribution >= 4 is 15.9 Å². The summed E-state index contributed by atoms with van der Waals surface area (Å²) in [4.78, 5) is 0. The van der Waals surface area contributed by atoms with Crippen LogP contribution in [0.25, 0.3) is 0 Å². The standard InChI is InChI=1S/C17H19BrFN/c1-11-6-14(8-15(18)7-11)17(20-3)10-13-9-16(19)5-4-12(13)2/h4-9,17,20H,10H2,1-3H3. The second-order valence-corrected chi connectivity index (χ2v) is 6.09.